The quantitative estimate of drug-likeness (QED) is 0.555. The van der Waals surface area contributed by atoms with E-state index in [4.69, 9.17) is 0 Å². The Labute approximate surface area is 68.8 Å². The van der Waals surface area contributed by atoms with Crippen LogP contribution in [0, 0.1) is 5.92 Å². The number of allylic oxidation sites excluding steroid dienone is 1. The first-order valence-corrected chi connectivity index (χ1v) is 3.88. The molecule has 0 saturated heterocycles. The molecule has 0 saturated carbocycles. The topological polar surface area (TPSA) is 24.7 Å². The van der Waals surface area contributed by atoms with E-state index in [0.29, 0.717) is 5.92 Å². The van der Waals surface area contributed by atoms with Crippen molar-refractivity contribution in [1.82, 2.24) is 0 Å². The lowest BCUT2D eigenvalue weighted by Crippen LogP contribution is -1.89. The van der Waals surface area contributed by atoms with Gasteiger partial charge in [-0.2, -0.15) is 0 Å². The number of hydrogen-bond donors (Lipinski definition) is 0. The fraction of sp³-hybridized carbons (Fsp3) is 0.556. The molecule has 62 valence electrons. The summed E-state index contributed by atoms with van der Waals surface area (Å²) in [5, 5.41) is 0. The van der Waals surface area contributed by atoms with Crippen molar-refractivity contribution in [3.8, 4) is 0 Å². The Balaban J connectivity index is 4.32. The van der Waals surface area contributed by atoms with Gasteiger partial charge in [0.2, 0.25) is 0 Å². The SMILES string of the molecule is CC=N/C=C(\N=CC)C(C)C. The maximum absolute atomic E-state index is 4.18. The molecule has 2 heteroatoms. The van der Waals surface area contributed by atoms with Crippen molar-refractivity contribution in [1.29, 1.82) is 0 Å². The van der Waals surface area contributed by atoms with Crippen LogP contribution in [-0.2, 0) is 0 Å². The van der Waals surface area contributed by atoms with Gasteiger partial charge in [-0.15, -0.1) is 0 Å². The lowest BCUT2D eigenvalue weighted by atomic mass is 10.1. The van der Waals surface area contributed by atoms with Crippen molar-refractivity contribution in [3.05, 3.63) is 11.9 Å². The molecule has 0 aromatic carbocycles. The standard InChI is InChI=1S/C9H16N2/c1-5-10-7-9(8(3)4)11-6-2/h5-8H,1-4H3/b9-7-,10-5?,11-6?. The molecule has 0 radical (unpaired) electrons. The molecule has 0 aliphatic heterocycles. The number of rotatable bonds is 3. The second-order valence-electron chi connectivity index (χ2n) is 2.50. The minimum Gasteiger partial charge on any atom is -0.267 e. The van der Waals surface area contributed by atoms with Crippen molar-refractivity contribution in [3.63, 3.8) is 0 Å². The van der Waals surface area contributed by atoms with Gasteiger partial charge < -0.3 is 0 Å². The zero-order valence-electron chi connectivity index (χ0n) is 7.70. The maximum atomic E-state index is 4.18. The van der Waals surface area contributed by atoms with Gasteiger partial charge in [0.05, 0.1) is 5.70 Å². The lowest BCUT2D eigenvalue weighted by molar-refractivity contribution is 0.756. The predicted octanol–water partition coefficient (Wildman–Crippen LogP) is 2.67. The van der Waals surface area contributed by atoms with Gasteiger partial charge in [0.1, 0.15) is 0 Å². The van der Waals surface area contributed by atoms with Crippen molar-refractivity contribution >= 4 is 12.4 Å². The van der Waals surface area contributed by atoms with E-state index in [0.717, 1.165) is 5.70 Å². The van der Waals surface area contributed by atoms with Gasteiger partial charge in [0.25, 0.3) is 0 Å². The van der Waals surface area contributed by atoms with Crippen molar-refractivity contribution in [2.24, 2.45) is 15.9 Å². The molecule has 0 heterocycles. The summed E-state index contributed by atoms with van der Waals surface area (Å²) < 4.78 is 0. The van der Waals surface area contributed by atoms with Gasteiger partial charge in [-0.1, -0.05) is 13.8 Å². The molecule has 0 rings (SSSR count). The molecule has 0 atom stereocenters. The highest BCUT2D eigenvalue weighted by Gasteiger charge is 1.97. The molecule has 0 aromatic rings. The molecule has 0 amide bonds. The Morgan fingerprint density at radius 2 is 1.82 bits per heavy atom. The molecule has 0 aliphatic carbocycles. The van der Waals surface area contributed by atoms with E-state index in [2.05, 4.69) is 23.8 Å². The van der Waals surface area contributed by atoms with Crippen LogP contribution in [-0.4, -0.2) is 12.4 Å². The summed E-state index contributed by atoms with van der Waals surface area (Å²) in [7, 11) is 0. The maximum Gasteiger partial charge on any atom is 0.0607 e. The fourth-order valence-electron chi connectivity index (χ4n) is 0.631. The number of hydrogen-bond acceptors (Lipinski definition) is 2. The molecule has 0 spiro atoms. The van der Waals surface area contributed by atoms with E-state index in [1.54, 1.807) is 18.6 Å². The molecule has 0 unspecified atom stereocenters. The van der Waals surface area contributed by atoms with Crippen LogP contribution < -0.4 is 0 Å². The van der Waals surface area contributed by atoms with E-state index in [1.807, 2.05) is 13.8 Å². The van der Waals surface area contributed by atoms with Gasteiger partial charge in [-0.25, -0.2) is 0 Å². The Morgan fingerprint density at radius 1 is 1.18 bits per heavy atom. The van der Waals surface area contributed by atoms with Crippen molar-refractivity contribution < 1.29 is 0 Å². The monoisotopic (exact) mass is 152 g/mol. The molecular formula is C9H16N2. The van der Waals surface area contributed by atoms with Gasteiger partial charge in [-0.05, 0) is 19.8 Å². The average molecular weight is 152 g/mol. The summed E-state index contributed by atoms with van der Waals surface area (Å²) in [5.74, 6) is 0.440. The van der Waals surface area contributed by atoms with E-state index in [-0.39, 0.29) is 0 Å². The van der Waals surface area contributed by atoms with Crippen LogP contribution in [0.5, 0.6) is 0 Å². The molecule has 0 N–H and O–H groups in total. The minimum atomic E-state index is 0.440. The summed E-state index contributed by atoms with van der Waals surface area (Å²) in [4.78, 5) is 8.19. The smallest absolute Gasteiger partial charge is 0.0607 e. The van der Waals surface area contributed by atoms with Crippen LogP contribution in [0.15, 0.2) is 21.9 Å². The number of aliphatic imine (C=N–C) groups is 2. The van der Waals surface area contributed by atoms with Gasteiger partial charge >= 0.3 is 0 Å². The van der Waals surface area contributed by atoms with Crippen LogP contribution in [0.3, 0.4) is 0 Å². The first kappa shape index (κ1) is 10.1. The first-order chi connectivity index (χ1) is 5.22. The average Bonchev–Trinajstić information content (AvgIpc) is 1.97. The molecular weight excluding hydrogens is 136 g/mol. The van der Waals surface area contributed by atoms with E-state index >= 15 is 0 Å². The molecule has 2 nitrogen and oxygen atoms in total. The van der Waals surface area contributed by atoms with Crippen LogP contribution in [0.1, 0.15) is 27.7 Å². The third-order valence-electron chi connectivity index (χ3n) is 1.23. The van der Waals surface area contributed by atoms with Crippen LogP contribution in [0.25, 0.3) is 0 Å². The zero-order valence-corrected chi connectivity index (χ0v) is 7.70. The van der Waals surface area contributed by atoms with Crippen LogP contribution >= 0.6 is 0 Å². The van der Waals surface area contributed by atoms with Gasteiger partial charge in [-0.3, -0.25) is 9.98 Å². The molecule has 11 heavy (non-hydrogen) atoms. The zero-order chi connectivity index (χ0) is 8.69. The highest BCUT2D eigenvalue weighted by molar-refractivity contribution is 5.56. The van der Waals surface area contributed by atoms with Gasteiger partial charge in [0.15, 0.2) is 0 Å². The van der Waals surface area contributed by atoms with Crippen LogP contribution in [0.2, 0.25) is 0 Å². The Hall–Kier alpha value is -0.920. The first-order valence-electron chi connectivity index (χ1n) is 3.88. The van der Waals surface area contributed by atoms with Gasteiger partial charge in [0, 0.05) is 18.6 Å². The Morgan fingerprint density at radius 3 is 2.18 bits per heavy atom. The fourth-order valence-corrected chi connectivity index (χ4v) is 0.631. The summed E-state index contributed by atoms with van der Waals surface area (Å²) in [6.45, 7) is 8.00. The summed E-state index contributed by atoms with van der Waals surface area (Å²) in [5.41, 5.74) is 1.02. The minimum absolute atomic E-state index is 0.440. The number of nitrogens with zero attached hydrogens (tertiary/aromatic N) is 2. The summed E-state index contributed by atoms with van der Waals surface area (Å²) in [6, 6.07) is 0. The van der Waals surface area contributed by atoms with E-state index in [1.165, 1.54) is 0 Å². The van der Waals surface area contributed by atoms with E-state index in [9.17, 15) is 0 Å². The molecule has 0 fully saturated rings. The lowest BCUT2D eigenvalue weighted by Gasteiger charge is -2.02. The van der Waals surface area contributed by atoms with Crippen molar-refractivity contribution in [2.45, 2.75) is 27.7 Å². The Kier molecular flexibility index (Phi) is 5.35. The Bertz CT molecular complexity index is 176. The second-order valence-corrected chi connectivity index (χ2v) is 2.50. The normalized spacial score (nSPS) is 14.1. The van der Waals surface area contributed by atoms with E-state index < -0.39 is 0 Å². The van der Waals surface area contributed by atoms with Crippen LogP contribution in [0.4, 0.5) is 0 Å². The third kappa shape index (κ3) is 4.48. The predicted molar refractivity (Wildman–Crippen MR) is 51.3 cm³/mol. The molecule has 0 aliphatic rings. The van der Waals surface area contributed by atoms with Crippen molar-refractivity contribution in [2.75, 3.05) is 0 Å². The highest BCUT2D eigenvalue weighted by Crippen LogP contribution is 2.09. The third-order valence-corrected chi connectivity index (χ3v) is 1.23. The largest absolute Gasteiger partial charge is 0.267 e. The summed E-state index contributed by atoms with van der Waals surface area (Å²) >= 11 is 0. The highest BCUT2D eigenvalue weighted by atomic mass is 14.8. The molecule has 0 aromatic heterocycles. The second kappa shape index (κ2) is 5.83. The summed E-state index contributed by atoms with van der Waals surface area (Å²) in [6.07, 6.45) is 5.34. The molecule has 0 bridgehead atoms.